The first-order valence-electron chi connectivity index (χ1n) is 8.87. The van der Waals surface area contributed by atoms with Gasteiger partial charge in [0, 0.05) is 18.0 Å². The predicted octanol–water partition coefficient (Wildman–Crippen LogP) is 4.93. The van der Waals surface area contributed by atoms with Gasteiger partial charge in [-0.3, -0.25) is 14.5 Å². The molecule has 0 aliphatic carbocycles. The highest BCUT2D eigenvalue weighted by Crippen LogP contribution is 2.33. The fourth-order valence-corrected chi connectivity index (χ4v) is 4.06. The van der Waals surface area contributed by atoms with E-state index in [2.05, 4.69) is 16.9 Å². The van der Waals surface area contributed by atoms with Crippen LogP contribution in [0.25, 0.3) is 0 Å². The molecule has 1 atom stereocenters. The van der Waals surface area contributed by atoms with Crippen molar-refractivity contribution < 1.29 is 14.0 Å². The smallest absolute Gasteiger partial charge is 0.242 e. The minimum atomic E-state index is -0.651. The minimum Gasteiger partial charge on any atom is -0.324 e. The molecule has 2 amide bonds. The number of thioether (sulfide) groups is 1. The molecule has 0 unspecified atom stereocenters. The summed E-state index contributed by atoms with van der Waals surface area (Å²) in [5.74, 6) is -1.22. The lowest BCUT2D eigenvalue weighted by Gasteiger charge is -2.14. The number of hydrogen-bond donors (Lipinski definition) is 1. The van der Waals surface area contributed by atoms with Gasteiger partial charge in [0.1, 0.15) is 11.1 Å². The lowest BCUT2D eigenvalue weighted by Crippen LogP contribution is -2.33. The van der Waals surface area contributed by atoms with E-state index in [1.54, 1.807) is 18.2 Å². The second kappa shape index (κ2) is 9.24. The number of amides is 2. The number of hydrogen-bond acceptors (Lipinski definition) is 4. The quantitative estimate of drug-likeness (QED) is 0.659. The first-order valence-corrected chi connectivity index (χ1v) is 10.1. The van der Waals surface area contributed by atoms with E-state index in [9.17, 15) is 14.0 Å². The number of benzene rings is 2. The van der Waals surface area contributed by atoms with Gasteiger partial charge < -0.3 is 5.32 Å². The highest BCUT2D eigenvalue weighted by Gasteiger charge is 2.38. The van der Waals surface area contributed by atoms with E-state index < -0.39 is 17.0 Å². The van der Waals surface area contributed by atoms with Gasteiger partial charge >= 0.3 is 0 Å². The van der Waals surface area contributed by atoms with Gasteiger partial charge in [-0.25, -0.2) is 9.38 Å². The van der Waals surface area contributed by atoms with Crippen LogP contribution in [0.1, 0.15) is 12.0 Å². The predicted molar refractivity (Wildman–Crippen MR) is 116 cm³/mol. The molecule has 1 fully saturated rings. The highest BCUT2D eigenvalue weighted by atomic mass is 35.5. The molecule has 1 N–H and O–H groups in total. The number of amidine groups is 1. The Morgan fingerprint density at radius 1 is 1.38 bits per heavy atom. The van der Waals surface area contributed by atoms with Crippen LogP contribution in [0, 0.1) is 12.7 Å². The monoisotopic (exact) mass is 431 g/mol. The van der Waals surface area contributed by atoms with Crippen LogP contribution in [-0.2, 0) is 9.59 Å². The van der Waals surface area contributed by atoms with Crippen molar-refractivity contribution in [3.63, 3.8) is 0 Å². The van der Waals surface area contributed by atoms with Gasteiger partial charge in [-0.05, 0) is 36.8 Å². The molecule has 150 valence electrons. The van der Waals surface area contributed by atoms with Crippen LogP contribution in [0.2, 0.25) is 5.02 Å². The maximum absolute atomic E-state index is 13.7. The number of aryl methyl sites for hydroxylation is 1. The Morgan fingerprint density at radius 2 is 2.14 bits per heavy atom. The number of aliphatic imine (C=N–C) groups is 1. The van der Waals surface area contributed by atoms with Crippen LogP contribution in [0.5, 0.6) is 0 Å². The number of halogens is 2. The number of carbonyl (C=O) groups is 2. The Kier molecular flexibility index (Phi) is 6.71. The third kappa shape index (κ3) is 5.05. The Labute approximate surface area is 177 Å². The van der Waals surface area contributed by atoms with Crippen LogP contribution >= 0.6 is 23.4 Å². The van der Waals surface area contributed by atoms with E-state index in [4.69, 9.17) is 11.6 Å². The summed E-state index contributed by atoms with van der Waals surface area (Å²) in [4.78, 5) is 31.1. The molecule has 0 spiro atoms. The standard InChI is InChI=1S/C21H19ClFN3O2S/c1-3-10-26-20(28)18(12-19(27)25-17-7-5-4-6-16(17)23)29-21(26)24-14-9-8-13(2)15(22)11-14/h3-9,11,18H,1,10,12H2,2H3,(H,25,27)/t18-/m1/s1. The first-order chi connectivity index (χ1) is 13.9. The SMILES string of the molecule is C=CCN1C(=O)[C@@H](CC(=O)Nc2ccccc2F)SC1=Nc1ccc(C)c(Cl)c1. The number of rotatable bonds is 6. The number of para-hydroxylation sites is 1. The number of nitrogens with one attached hydrogen (secondary N) is 1. The van der Waals surface area contributed by atoms with Crippen LogP contribution in [0.15, 0.2) is 60.1 Å². The zero-order chi connectivity index (χ0) is 21.0. The summed E-state index contributed by atoms with van der Waals surface area (Å²) in [5.41, 5.74) is 1.62. The second-order valence-corrected chi connectivity index (χ2v) is 7.98. The zero-order valence-electron chi connectivity index (χ0n) is 15.7. The molecule has 1 aliphatic rings. The maximum atomic E-state index is 13.7. The van der Waals surface area contributed by atoms with Crippen molar-refractivity contribution in [2.24, 2.45) is 4.99 Å². The van der Waals surface area contributed by atoms with E-state index >= 15 is 0 Å². The van der Waals surface area contributed by atoms with Gasteiger partial charge in [-0.1, -0.05) is 47.6 Å². The third-order valence-corrected chi connectivity index (χ3v) is 5.81. The maximum Gasteiger partial charge on any atom is 0.242 e. The Bertz CT molecular complexity index is 996. The molecule has 0 saturated carbocycles. The molecule has 1 saturated heterocycles. The molecule has 8 heteroatoms. The molecule has 0 radical (unpaired) electrons. The molecule has 2 aromatic rings. The molecule has 3 rings (SSSR count). The summed E-state index contributed by atoms with van der Waals surface area (Å²) >= 11 is 7.35. The van der Waals surface area contributed by atoms with Crippen molar-refractivity contribution in [3.8, 4) is 0 Å². The van der Waals surface area contributed by atoms with Crippen LogP contribution in [0.4, 0.5) is 15.8 Å². The summed E-state index contributed by atoms with van der Waals surface area (Å²) in [6.45, 7) is 5.84. The van der Waals surface area contributed by atoms with Gasteiger partial charge in [0.2, 0.25) is 11.8 Å². The summed E-state index contributed by atoms with van der Waals surface area (Å²) < 4.78 is 13.7. The average Bonchev–Trinajstić information content (AvgIpc) is 2.95. The minimum absolute atomic E-state index is 0.0825. The molecule has 2 aromatic carbocycles. The normalized spacial score (nSPS) is 17.6. The summed E-state index contributed by atoms with van der Waals surface area (Å²) in [5, 5.41) is 2.91. The number of carbonyl (C=O) groups excluding carboxylic acids is 2. The average molecular weight is 432 g/mol. The molecular formula is C21H19ClFN3O2S. The molecule has 5 nitrogen and oxygen atoms in total. The number of anilines is 1. The highest BCUT2D eigenvalue weighted by molar-refractivity contribution is 8.15. The van der Waals surface area contributed by atoms with Gasteiger partial charge in [-0.2, -0.15) is 0 Å². The molecule has 0 bridgehead atoms. The van der Waals surface area contributed by atoms with Crippen LogP contribution in [0.3, 0.4) is 0 Å². The lowest BCUT2D eigenvalue weighted by atomic mass is 10.2. The van der Waals surface area contributed by atoms with Crippen molar-refractivity contribution >= 4 is 51.7 Å². The van der Waals surface area contributed by atoms with Crippen molar-refractivity contribution in [2.75, 3.05) is 11.9 Å². The molecular weight excluding hydrogens is 413 g/mol. The second-order valence-electron chi connectivity index (χ2n) is 6.40. The van der Waals surface area contributed by atoms with Crippen molar-refractivity contribution in [2.45, 2.75) is 18.6 Å². The van der Waals surface area contributed by atoms with Crippen molar-refractivity contribution in [1.29, 1.82) is 0 Å². The molecule has 29 heavy (non-hydrogen) atoms. The largest absolute Gasteiger partial charge is 0.324 e. The van der Waals surface area contributed by atoms with Gasteiger partial charge in [0.25, 0.3) is 0 Å². The number of nitrogens with zero attached hydrogens (tertiary/aromatic N) is 2. The van der Waals surface area contributed by atoms with Crippen molar-refractivity contribution in [1.82, 2.24) is 4.90 Å². The van der Waals surface area contributed by atoms with E-state index in [1.807, 2.05) is 19.1 Å². The summed E-state index contributed by atoms with van der Waals surface area (Å²) in [6.07, 6.45) is 1.50. The van der Waals surface area contributed by atoms with E-state index in [0.29, 0.717) is 15.9 Å². The zero-order valence-corrected chi connectivity index (χ0v) is 17.3. The molecule has 1 aliphatic heterocycles. The topological polar surface area (TPSA) is 61.8 Å². The van der Waals surface area contributed by atoms with Crippen LogP contribution in [-0.4, -0.2) is 33.7 Å². The Hall–Kier alpha value is -2.64. The summed E-state index contributed by atoms with van der Waals surface area (Å²) in [7, 11) is 0. The molecule has 0 aromatic heterocycles. The first kappa shape index (κ1) is 21.1. The van der Waals surface area contributed by atoms with E-state index in [1.165, 1.54) is 34.9 Å². The Morgan fingerprint density at radius 3 is 2.83 bits per heavy atom. The van der Waals surface area contributed by atoms with E-state index in [0.717, 1.165) is 5.56 Å². The van der Waals surface area contributed by atoms with Gasteiger partial charge in [-0.15, -0.1) is 6.58 Å². The third-order valence-electron chi connectivity index (χ3n) is 4.23. The fourth-order valence-electron chi connectivity index (χ4n) is 2.72. The van der Waals surface area contributed by atoms with Crippen LogP contribution < -0.4 is 5.32 Å². The summed E-state index contributed by atoms with van der Waals surface area (Å²) in [6, 6.07) is 11.3. The lowest BCUT2D eigenvalue weighted by molar-refractivity contribution is -0.127. The van der Waals surface area contributed by atoms with Gasteiger partial charge in [0.15, 0.2) is 5.17 Å². The molecule has 1 heterocycles. The fraction of sp³-hybridized carbons (Fsp3) is 0.190. The Balaban J connectivity index is 1.76. The van der Waals surface area contributed by atoms with Crippen molar-refractivity contribution in [3.05, 3.63) is 71.5 Å². The van der Waals surface area contributed by atoms with E-state index in [-0.39, 0.29) is 24.6 Å². The van der Waals surface area contributed by atoms with Gasteiger partial charge in [0.05, 0.1) is 11.4 Å².